The van der Waals surface area contributed by atoms with E-state index in [-0.39, 0.29) is 17.5 Å². The zero-order valence-corrected chi connectivity index (χ0v) is 21.2. The smallest absolute Gasteiger partial charge is 0.269 e. The molecule has 10 heteroatoms. The molecule has 36 heavy (non-hydrogen) atoms. The number of benzene rings is 3. The van der Waals surface area contributed by atoms with Gasteiger partial charge in [-0.15, -0.1) is 11.8 Å². The zero-order valence-electron chi connectivity index (χ0n) is 20.4. The van der Waals surface area contributed by atoms with Crippen LogP contribution >= 0.6 is 11.8 Å². The van der Waals surface area contributed by atoms with Gasteiger partial charge in [-0.2, -0.15) is 0 Å². The number of carbonyl (C=O) groups excluding carboxylic acids is 2. The van der Waals surface area contributed by atoms with Gasteiger partial charge in [0, 0.05) is 34.0 Å². The molecule has 0 saturated heterocycles. The second-order valence-electron chi connectivity index (χ2n) is 7.81. The van der Waals surface area contributed by atoms with Crippen LogP contribution in [0.3, 0.4) is 0 Å². The molecule has 0 aliphatic rings. The molecule has 3 rings (SSSR count). The molecule has 3 aromatic rings. The summed E-state index contributed by atoms with van der Waals surface area (Å²) in [4.78, 5) is 37.0. The molecule has 0 bridgehead atoms. The molecule has 0 aliphatic carbocycles. The highest BCUT2D eigenvalue weighted by Gasteiger charge is 2.20. The molecule has 0 saturated carbocycles. The Labute approximate surface area is 213 Å². The summed E-state index contributed by atoms with van der Waals surface area (Å²) in [6, 6.07) is 16.5. The molecule has 0 heterocycles. The second-order valence-corrected chi connectivity index (χ2v) is 9.09. The summed E-state index contributed by atoms with van der Waals surface area (Å²) in [6.45, 7) is 3.61. The van der Waals surface area contributed by atoms with Gasteiger partial charge >= 0.3 is 0 Å². The average molecular weight is 510 g/mol. The minimum absolute atomic E-state index is 0.0288. The van der Waals surface area contributed by atoms with Crippen LogP contribution in [0.4, 0.5) is 17.1 Å². The van der Waals surface area contributed by atoms with E-state index in [4.69, 9.17) is 9.47 Å². The van der Waals surface area contributed by atoms with Crippen molar-refractivity contribution in [3.8, 4) is 11.5 Å². The standard InChI is InChI=1S/C26H27N3O6S/c1-5-24(26(31)28-21-11-10-19(29(32)33)13-16(21)2)36-20-8-6-7-18(15-20)27-25(30)17-9-12-22(34-3)23(14-17)35-4/h6-15,24H,5H2,1-4H3,(H,27,30)(H,28,31). The molecular formula is C26H27N3O6S. The Kier molecular flexibility index (Phi) is 8.91. The number of non-ortho nitro benzene ring substituents is 1. The SMILES string of the molecule is CCC(Sc1cccc(NC(=O)c2ccc(OC)c(OC)c2)c1)C(=O)Nc1ccc([N+](=O)[O-])cc1C. The maximum Gasteiger partial charge on any atom is 0.269 e. The van der Waals surface area contributed by atoms with Crippen LogP contribution < -0.4 is 20.1 Å². The first-order valence-corrected chi connectivity index (χ1v) is 12.0. The van der Waals surface area contributed by atoms with Crippen LogP contribution in [-0.2, 0) is 4.79 Å². The molecule has 2 N–H and O–H groups in total. The van der Waals surface area contributed by atoms with E-state index in [0.29, 0.717) is 40.4 Å². The molecule has 0 radical (unpaired) electrons. The fourth-order valence-electron chi connectivity index (χ4n) is 3.43. The average Bonchev–Trinajstić information content (AvgIpc) is 2.87. The summed E-state index contributed by atoms with van der Waals surface area (Å²) in [7, 11) is 3.03. The van der Waals surface area contributed by atoms with Gasteiger partial charge in [-0.05, 0) is 61.4 Å². The van der Waals surface area contributed by atoms with E-state index < -0.39 is 10.2 Å². The van der Waals surface area contributed by atoms with E-state index in [9.17, 15) is 19.7 Å². The van der Waals surface area contributed by atoms with Crippen molar-refractivity contribution < 1.29 is 24.0 Å². The van der Waals surface area contributed by atoms with Gasteiger partial charge in [0.25, 0.3) is 11.6 Å². The topological polar surface area (TPSA) is 120 Å². The normalized spacial score (nSPS) is 11.3. The highest BCUT2D eigenvalue weighted by Crippen LogP contribution is 2.31. The van der Waals surface area contributed by atoms with Crippen LogP contribution in [0.15, 0.2) is 65.6 Å². The molecule has 0 aromatic heterocycles. The van der Waals surface area contributed by atoms with Crippen molar-refractivity contribution in [2.45, 2.75) is 30.4 Å². The highest BCUT2D eigenvalue weighted by molar-refractivity contribution is 8.00. The largest absolute Gasteiger partial charge is 0.493 e. The fraction of sp³-hybridized carbons (Fsp3) is 0.231. The van der Waals surface area contributed by atoms with Crippen LogP contribution in [0.25, 0.3) is 0 Å². The number of nitrogens with zero attached hydrogens (tertiary/aromatic N) is 1. The van der Waals surface area contributed by atoms with E-state index in [1.165, 1.54) is 44.2 Å². The van der Waals surface area contributed by atoms with Crippen LogP contribution in [0, 0.1) is 17.0 Å². The molecular weight excluding hydrogens is 482 g/mol. The van der Waals surface area contributed by atoms with Crippen LogP contribution in [0.5, 0.6) is 11.5 Å². The van der Waals surface area contributed by atoms with Crippen molar-refractivity contribution in [3.05, 3.63) is 81.9 Å². The molecule has 1 atom stereocenters. The summed E-state index contributed by atoms with van der Waals surface area (Å²) in [5.41, 5.74) is 2.10. The number of nitrogens with one attached hydrogen (secondary N) is 2. The Bertz CT molecular complexity index is 1280. The highest BCUT2D eigenvalue weighted by atomic mass is 32.2. The third-order valence-electron chi connectivity index (χ3n) is 5.36. The summed E-state index contributed by atoms with van der Waals surface area (Å²) in [5, 5.41) is 16.3. The molecule has 1 unspecified atom stereocenters. The van der Waals surface area contributed by atoms with Crippen molar-refractivity contribution >= 4 is 40.6 Å². The van der Waals surface area contributed by atoms with E-state index >= 15 is 0 Å². The predicted molar refractivity (Wildman–Crippen MR) is 140 cm³/mol. The number of nitro benzene ring substituents is 1. The zero-order chi connectivity index (χ0) is 26.2. The monoisotopic (exact) mass is 509 g/mol. The first kappa shape index (κ1) is 26.6. The van der Waals surface area contributed by atoms with Gasteiger partial charge in [0.05, 0.1) is 24.4 Å². The minimum atomic E-state index is -0.472. The summed E-state index contributed by atoms with van der Waals surface area (Å²) in [5.74, 6) is 0.463. The number of amides is 2. The Morgan fingerprint density at radius 2 is 1.75 bits per heavy atom. The summed E-state index contributed by atoms with van der Waals surface area (Å²) < 4.78 is 10.5. The summed E-state index contributed by atoms with van der Waals surface area (Å²) in [6.07, 6.45) is 0.560. The van der Waals surface area contributed by atoms with E-state index in [0.717, 1.165) is 4.90 Å². The van der Waals surface area contributed by atoms with Crippen molar-refractivity contribution in [1.82, 2.24) is 0 Å². The van der Waals surface area contributed by atoms with Crippen LogP contribution in [-0.4, -0.2) is 36.2 Å². The first-order chi connectivity index (χ1) is 17.2. The number of nitro groups is 1. The van der Waals surface area contributed by atoms with Gasteiger partial charge < -0.3 is 20.1 Å². The lowest BCUT2D eigenvalue weighted by Gasteiger charge is -2.16. The third-order valence-corrected chi connectivity index (χ3v) is 6.72. The minimum Gasteiger partial charge on any atom is -0.493 e. The maximum atomic E-state index is 12.9. The van der Waals surface area contributed by atoms with Gasteiger partial charge in [0.1, 0.15) is 0 Å². The lowest BCUT2D eigenvalue weighted by Crippen LogP contribution is -2.25. The fourth-order valence-corrected chi connectivity index (χ4v) is 4.44. The van der Waals surface area contributed by atoms with E-state index in [1.54, 1.807) is 43.3 Å². The lowest BCUT2D eigenvalue weighted by atomic mass is 10.1. The number of thioether (sulfide) groups is 1. The van der Waals surface area contributed by atoms with Crippen molar-refractivity contribution in [2.24, 2.45) is 0 Å². The van der Waals surface area contributed by atoms with Gasteiger partial charge in [0.2, 0.25) is 5.91 Å². The number of rotatable bonds is 10. The molecule has 188 valence electrons. The number of hydrogen-bond donors (Lipinski definition) is 2. The molecule has 0 fully saturated rings. The molecule has 0 spiro atoms. The Morgan fingerprint density at radius 1 is 1.00 bits per heavy atom. The van der Waals surface area contributed by atoms with Crippen LogP contribution in [0.2, 0.25) is 0 Å². The quantitative estimate of drug-likeness (QED) is 0.205. The van der Waals surface area contributed by atoms with Crippen molar-refractivity contribution in [2.75, 3.05) is 24.9 Å². The Hall–Kier alpha value is -4.05. The Morgan fingerprint density at radius 3 is 2.39 bits per heavy atom. The molecule has 3 aromatic carbocycles. The van der Waals surface area contributed by atoms with Gasteiger partial charge in [-0.3, -0.25) is 19.7 Å². The number of hydrogen-bond acceptors (Lipinski definition) is 7. The number of ether oxygens (including phenoxy) is 2. The maximum absolute atomic E-state index is 12.9. The number of methoxy groups -OCH3 is 2. The third kappa shape index (κ3) is 6.54. The lowest BCUT2D eigenvalue weighted by molar-refractivity contribution is -0.384. The predicted octanol–water partition coefficient (Wildman–Crippen LogP) is 5.68. The number of anilines is 2. The van der Waals surface area contributed by atoms with Gasteiger partial charge in [-0.1, -0.05) is 13.0 Å². The molecule has 9 nitrogen and oxygen atoms in total. The summed E-state index contributed by atoms with van der Waals surface area (Å²) >= 11 is 1.37. The second kappa shape index (κ2) is 12.1. The molecule has 2 amide bonds. The first-order valence-electron chi connectivity index (χ1n) is 11.1. The van der Waals surface area contributed by atoms with Crippen molar-refractivity contribution in [3.63, 3.8) is 0 Å². The van der Waals surface area contributed by atoms with E-state index in [1.807, 2.05) is 13.0 Å². The van der Waals surface area contributed by atoms with Gasteiger partial charge in [0.15, 0.2) is 11.5 Å². The van der Waals surface area contributed by atoms with Crippen LogP contribution in [0.1, 0.15) is 29.3 Å². The number of aryl methyl sites for hydroxylation is 1. The molecule has 0 aliphatic heterocycles. The van der Waals surface area contributed by atoms with E-state index in [2.05, 4.69) is 10.6 Å². The number of carbonyl (C=O) groups is 2. The van der Waals surface area contributed by atoms with Crippen molar-refractivity contribution in [1.29, 1.82) is 0 Å². The Balaban J connectivity index is 1.69. The van der Waals surface area contributed by atoms with Gasteiger partial charge in [-0.25, -0.2) is 0 Å².